The van der Waals surface area contributed by atoms with E-state index < -0.39 is 10.0 Å². The molecule has 2 unspecified atom stereocenters. The van der Waals surface area contributed by atoms with Crippen LogP contribution in [0.15, 0.2) is 47.4 Å². The number of rotatable bonds is 6. The van der Waals surface area contributed by atoms with Gasteiger partial charge in [-0.15, -0.1) is 0 Å². The maximum Gasteiger partial charge on any atom is 0.243 e. The summed E-state index contributed by atoms with van der Waals surface area (Å²) in [6.45, 7) is 5.09. The highest BCUT2D eigenvalue weighted by Crippen LogP contribution is 2.34. The quantitative estimate of drug-likeness (QED) is 0.697. The Morgan fingerprint density at radius 1 is 1.12 bits per heavy atom. The van der Waals surface area contributed by atoms with Crippen LogP contribution in [0.5, 0.6) is 0 Å². The molecular formula is C23H25ClN4O3S. The number of carbonyl (C=O) groups is 1. The van der Waals surface area contributed by atoms with E-state index in [1.165, 1.54) is 24.3 Å². The van der Waals surface area contributed by atoms with Crippen LogP contribution < -0.4 is 5.32 Å². The van der Waals surface area contributed by atoms with Gasteiger partial charge in [0.25, 0.3) is 0 Å². The number of hydrogen-bond acceptors (Lipinski definition) is 5. The Morgan fingerprint density at radius 2 is 1.78 bits per heavy atom. The first kappa shape index (κ1) is 22.7. The molecule has 0 spiro atoms. The number of sulfonamides is 1. The van der Waals surface area contributed by atoms with Gasteiger partial charge in [0.2, 0.25) is 15.9 Å². The van der Waals surface area contributed by atoms with Crippen molar-refractivity contribution in [2.45, 2.75) is 18.2 Å². The van der Waals surface area contributed by atoms with Gasteiger partial charge in [-0.05, 0) is 60.7 Å². The summed E-state index contributed by atoms with van der Waals surface area (Å²) in [5.41, 5.74) is 2.09. The summed E-state index contributed by atoms with van der Waals surface area (Å²) in [6, 6.07) is 13.5. The smallest absolute Gasteiger partial charge is 0.243 e. The molecule has 0 radical (unpaired) electrons. The molecule has 2 aromatic rings. The van der Waals surface area contributed by atoms with Crippen molar-refractivity contribution in [3.05, 3.63) is 58.6 Å². The fourth-order valence-electron chi connectivity index (χ4n) is 4.43. The van der Waals surface area contributed by atoms with E-state index in [0.29, 0.717) is 42.3 Å². The monoisotopic (exact) mass is 472 g/mol. The molecule has 9 heteroatoms. The third kappa shape index (κ3) is 4.81. The molecule has 32 heavy (non-hydrogen) atoms. The van der Waals surface area contributed by atoms with Gasteiger partial charge in [-0.1, -0.05) is 17.7 Å². The Bertz CT molecular complexity index is 1150. The number of halogens is 1. The van der Waals surface area contributed by atoms with E-state index in [4.69, 9.17) is 16.9 Å². The number of nitrogens with one attached hydrogen (secondary N) is 1. The molecule has 1 N–H and O–H groups in total. The van der Waals surface area contributed by atoms with Gasteiger partial charge in [-0.25, -0.2) is 8.42 Å². The lowest BCUT2D eigenvalue weighted by Crippen LogP contribution is -2.34. The largest absolute Gasteiger partial charge is 0.326 e. The van der Waals surface area contributed by atoms with E-state index >= 15 is 0 Å². The Hall–Kier alpha value is -2.44. The first-order valence-electron chi connectivity index (χ1n) is 10.5. The van der Waals surface area contributed by atoms with Crippen molar-refractivity contribution in [3.8, 4) is 6.07 Å². The normalized spacial score (nSPS) is 21.3. The highest BCUT2D eigenvalue weighted by Gasteiger charge is 2.44. The topological polar surface area (TPSA) is 93.5 Å². The SMILES string of the molecule is Cc1ccc(NC(=O)CCN2CC3CN(S(=O)(=O)c4ccc(C#N)cc4)CC3C2)cc1Cl. The molecule has 2 saturated heterocycles. The van der Waals surface area contributed by atoms with Crippen molar-refractivity contribution in [1.82, 2.24) is 9.21 Å². The van der Waals surface area contributed by atoms with Crippen molar-refractivity contribution >= 4 is 33.2 Å². The molecule has 2 aliphatic rings. The van der Waals surface area contributed by atoms with Crippen LogP contribution in [-0.4, -0.2) is 56.3 Å². The summed E-state index contributed by atoms with van der Waals surface area (Å²) in [5, 5.41) is 12.4. The van der Waals surface area contributed by atoms with Gasteiger partial charge in [-0.3, -0.25) is 4.79 Å². The molecule has 0 aliphatic carbocycles. The van der Waals surface area contributed by atoms with E-state index in [9.17, 15) is 13.2 Å². The Morgan fingerprint density at radius 3 is 2.38 bits per heavy atom. The lowest BCUT2D eigenvalue weighted by Gasteiger charge is -2.21. The molecule has 2 aromatic carbocycles. The number of aryl methyl sites for hydroxylation is 1. The Labute approximate surface area is 193 Å². The molecule has 7 nitrogen and oxygen atoms in total. The predicted octanol–water partition coefficient (Wildman–Crippen LogP) is 3.10. The minimum atomic E-state index is -3.56. The zero-order valence-corrected chi connectivity index (χ0v) is 19.4. The highest BCUT2D eigenvalue weighted by atomic mass is 35.5. The van der Waals surface area contributed by atoms with Gasteiger partial charge < -0.3 is 10.2 Å². The summed E-state index contributed by atoms with van der Waals surface area (Å²) < 4.78 is 27.4. The van der Waals surface area contributed by atoms with Crippen LogP contribution in [-0.2, 0) is 14.8 Å². The number of likely N-dealkylation sites (tertiary alicyclic amines) is 1. The summed E-state index contributed by atoms with van der Waals surface area (Å²) in [4.78, 5) is 14.8. The van der Waals surface area contributed by atoms with Crippen LogP contribution in [0.1, 0.15) is 17.5 Å². The Kier molecular flexibility index (Phi) is 6.54. The first-order chi connectivity index (χ1) is 15.3. The van der Waals surface area contributed by atoms with Gasteiger partial charge in [0.15, 0.2) is 0 Å². The number of nitrogens with zero attached hydrogens (tertiary/aromatic N) is 3. The van der Waals surface area contributed by atoms with Gasteiger partial charge in [0, 0.05) is 49.9 Å². The Balaban J connectivity index is 1.27. The van der Waals surface area contributed by atoms with Gasteiger partial charge in [0.05, 0.1) is 16.5 Å². The van der Waals surface area contributed by atoms with Crippen molar-refractivity contribution in [3.63, 3.8) is 0 Å². The number of nitriles is 1. The van der Waals surface area contributed by atoms with E-state index in [0.717, 1.165) is 18.7 Å². The minimum absolute atomic E-state index is 0.0630. The molecule has 2 atom stereocenters. The van der Waals surface area contributed by atoms with Crippen molar-refractivity contribution in [2.75, 3.05) is 38.0 Å². The fraction of sp³-hybridized carbons (Fsp3) is 0.391. The molecule has 2 aliphatic heterocycles. The van der Waals surface area contributed by atoms with Crippen LogP contribution in [0.3, 0.4) is 0 Å². The first-order valence-corrected chi connectivity index (χ1v) is 12.4. The second kappa shape index (κ2) is 9.20. The summed E-state index contributed by atoms with van der Waals surface area (Å²) in [6.07, 6.45) is 0.373. The molecule has 168 valence electrons. The van der Waals surface area contributed by atoms with Gasteiger partial charge >= 0.3 is 0 Å². The van der Waals surface area contributed by atoms with E-state index in [2.05, 4.69) is 10.2 Å². The van der Waals surface area contributed by atoms with Crippen LogP contribution >= 0.6 is 11.6 Å². The van der Waals surface area contributed by atoms with Crippen molar-refractivity contribution < 1.29 is 13.2 Å². The number of carbonyl (C=O) groups excluding carboxylic acids is 1. The lowest BCUT2D eigenvalue weighted by atomic mass is 10.0. The maximum absolute atomic E-state index is 12.9. The van der Waals surface area contributed by atoms with Gasteiger partial charge in [-0.2, -0.15) is 9.57 Å². The second-order valence-electron chi connectivity index (χ2n) is 8.50. The molecule has 2 heterocycles. The third-order valence-electron chi connectivity index (χ3n) is 6.26. The number of benzene rings is 2. The molecule has 1 amide bonds. The summed E-state index contributed by atoms with van der Waals surface area (Å²) in [7, 11) is -3.56. The molecule has 4 rings (SSSR count). The number of anilines is 1. The predicted molar refractivity (Wildman–Crippen MR) is 123 cm³/mol. The van der Waals surface area contributed by atoms with E-state index in [1.807, 2.05) is 25.1 Å². The molecule has 0 bridgehead atoms. The van der Waals surface area contributed by atoms with E-state index in [1.54, 1.807) is 10.4 Å². The van der Waals surface area contributed by atoms with Crippen molar-refractivity contribution in [2.24, 2.45) is 11.8 Å². The third-order valence-corrected chi connectivity index (χ3v) is 8.51. The van der Waals surface area contributed by atoms with Crippen LogP contribution in [0, 0.1) is 30.1 Å². The van der Waals surface area contributed by atoms with Crippen LogP contribution in [0.2, 0.25) is 5.02 Å². The van der Waals surface area contributed by atoms with Crippen LogP contribution in [0.25, 0.3) is 0 Å². The average molecular weight is 473 g/mol. The standard InChI is InChI=1S/C23H25ClN4O3S/c1-16-2-5-20(10-22(16)24)26-23(29)8-9-27-12-18-14-28(15-19(18)13-27)32(30,31)21-6-3-17(11-25)4-7-21/h2-7,10,18-19H,8-9,12-15H2,1H3,(H,26,29). The summed E-state index contributed by atoms with van der Waals surface area (Å²) >= 11 is 6.11. The zero-order valence-electron chi connectivity index (χ0n) is 17.8. The molecule has 2 fully saturated rings. The average Bonchev–Trinajstić information content (AvgIpc) is 3.34. The molecule has 0 aromatic heterocycles. The highest BCUT2D eigenvalue weighted by molar-refractivity contribution is 7.89. The van der Waals surface area contributed by atoms with Crippen LogP contribution in [0.4, 0.5) is 5.69 Å². The number of hydrogen-bond donors (Lipinski definition) is 1. The maximum atomic E-state index is 12.9. The fourth-order valence-corrected chi connectivity index (χ4v) is 6.16. The zero-order chi connectivity index (χ0) is 22.9. The molecular weight excluding hydrogens is 448 g/mol. The lowest BCUT2D eigenvalue weighted by molar-refractivity contribution is -0.116. The molecule has 0 saturated carbocycles. The van der Waals surface area contributed by atoms with Gasteiger partial charge in [0.1, 0.15) is 0 Å². The second-order valence-corrected chi connectivity index (χ2v) is 10.8. The van der Waals surface area contributed by atoms with E-state index in [-0.39, 0.29) is 22.6 Å². The van der Waals surface area contributed by atoms with Crippen molar-refractivity contribution in [1.29, 1.82) is 5.26 Å². The summed E-state index contributed by atoms with van der Waals surface area (Å²) in [5.74, 6) is 0.469. The number of amides is 1. The number of fused-ring (bicyclic) bond motifs is 1. The minimum Gasteiger partial charge on any atom is -0.326 e.